The first-order valence-corrected chi connectivity index (χ1v) is 10.1. The highest BCUT2D eigenvalue weighted by atomic mass is 16.5. The number of rotatable bonds is 6. The Kier molecular flexibility index (Phi) is 5.99. The number of pyridine rings is 1. The van der Waals surface area contributed by atoms with Crippen molar-refractivity contribution in [1.82, 2.24) is 4.98 Å². The maximum Gasteiger partial charge on any atom is 0.301 e. The van der Waals surface area contributed by atoms with Gasteiger partial charge in [-0.1, -0.05) is 24.3 Å². The fraction of sp³-hybridized carbons (Fsp3) is 0.160. The Hall–Kier alpha value is -4.33. The highest BCUT2D eigenvalue weighted by molar-refractivity contribution is 6.51. The van der Waals surface area contributed by atoms with E-state index in [9.17, 15) is 14.7 Å². The van der Waals surface area contributed by atoms with Crippen molar-refractivity contribution >= 4 is 23.3 Å². The van der Waals surface area contributed by atoms with Crippen LogP contribution >= 0.6 is 0 Å². The summed E-state index contributed by atoms with van der Waals surface area (Å²) >= 11 is 0. The summed E-state index contributed by atoms with van der Waals surface area (Å²) < 4.78 is 16.0. The minimum absolute atomic E-state index is 0.0638. The van der Waals surface area contributed by atoms with Gasteiger partial charge < -0.3 is 19.3 Å². The van der Waals surface area contributed by atoms with Crippen LogP contribution in [0.15, 0.2) is 72.4 Å². The first kappa shape index (κ1) is 21.9. The third-order valence-electron chi connectivity index (χ3n) is 5.41. The molecule has 1 aliphatic rings. The molecule has 8 heteroatoms. The summed E-state index contributed by atoms with van der Waals surface area (Å²) in [5, 5.41) is 11.2. The monoisotopic (exact) mass is 446 g/mol. The quantitative estimate of drug-likeness (QED) is 0.350. The molecule has 2 heterocycles. The molecular weight excluding hydrogens is 424 g/mol. The van der Waals surface area contributed by atoms with E-state index in [2.05, 4.69) is 4.98 Å². The Morgan fingerprint density at radius 3 is 2.36 bits per heavy atom. The van der Waals surface area contributed by atoms with Gasteiger partial charge in [-0.15, -0.1) is 0 Å². The van der Waals surface area contributed by atoms with Gasteiger partial charge in [-0.25, -0.2) is 4.98 Å². The Morgan fingerprint density at radius 2 is 1.70 bits per heavy atom. The summed E-state index contributed by atoms with van der Waals surface area (Å²) in [5.74, 6) is -0.235. The summed E-state index contributed by atoms with van der Waals surface area (Å²) in [6.45, 7) is 0. The number of carbonyl (C=O) groups is 2. The minimum Gasteiger partial charge on any atom is -0.507 e. The molecule has 1 fully saturated rings. The number of carbonyl (C=O) groups excluding carboxylic acids is 2. The zero-order valence-corrected chi connectivity index (χ0v) is 18.3. The summed E-state index contributed by atoms with van der Waals surface area (Å²) in [6, 6.07) is 15.8. The number of benzene rings is 2. The lowest BCUT2D eigenvalue weighted by Crippen LogP contribution is -2.30. The van der Waals surface area contributed by atoms with E-state index >= 15 is 0 Å². The van der Waals surface area contributed by atoms with Gasteiger partial charge in [0.25, 0.3) is 5.78 Å². The van der Waals surface area contributed by atoms with E-state index in [-0.39, 0.29) is 17.2 Å². The predicted octanol–water partition coefficient (Wildman–Crippen LogP) is 3.73. The molecule has 1 saturated heterocycles. The van der Waals surface area contributed by atoms with Crippen LogP contribution in [0, 0.1) is 0 Å². The molecule has 2 aromatic carbocycles. The predicted molar refractivity (Wildman–Crippen MR) is 122 cm³/mol. The van der Waals surface area contributed by atoms with Crippen LogP contribution in [0.25, 0.3) is 5.76 Å². The van der Waals surface area contributed by atoms with Crippen LogP contribution in [0.3, 0.4) is 0 Å². The van der Waals surface area contributed by atoms with Crippen molar-refractivity contribution in [3.05, 3.63) is 83.6 Å². The lowest BCUT2D eigenvalue weighted by molar-refractivity contribution is -0.132. The van der Waals surface area contributed by atoms with E-state index in [1.165, 1.54) is 32.4 Å². The van der Waals surface area contributed by atoms with Gasteiger partial charge in [0, 0.05) is 11.8 Å². The summed E-state index contributed by atoms with van der Waals surface area (Å²) in [7, 11) is 4.51. The minimum atomic E-state index is -0.939. The lowest BCUT2D eigenvalue weighted by atomic mass is 9.95. The number of methoxy groups -OCH3 is 3. The van der Waals surface area contributed by atoms with Gasteiger partial charge in [-0.05, 0) is 42.0 Å². The molecule has 33 heavy (non-hydrogen) atoms. The van der Waals surface area contributed by atoms with Crippen LogP contribution in [-0.4, -0.2) is 43.1 Å². The number of aliphatic hydroxyl groups excluding tert-OH is 1. The Balaban J connectivity index is 1.96. The first-order valence-electron chi connectivity index (χ1n) is 10.1. The topological polar surface area (TPSA) is 98.2 Å². The average Bonchev–Trinajstić information content (AvgIpc) is 3.13. The zero-order chi connectivity index (χ0) is 23.5. The summed E-state index contributed by atoms with van der Waals surface area (Å²) in [6.07, 6.45) is 1.53. The van der Waals surface area contributed by atoms with Gasteiger partial charge >= 0.3 is 5.91 Å². The van der Waals surface area contributed by atoms with Crippen LogP contribution < -0.4 is 19.1 Å². The first-order chi connectivity index (χ1) is 16.0. The molecule has 0 bridgehead atoms. The molecule has 1 amide bonds. The maximum absolute atomic E-state index is 13.2. The number of anilines is 1. The Labute approximate surface area is 190 Å². The molecule has 0 unspecified atom stereocenters. The van der Waals surface area contributed by atoms with E-state index in [0.717, 1.165) is 0 Å². The molecule has 1 aromatic heterocycles. The molecule has 3 aromatic rings. The summed E-state index contributed by atoms with van der Waals surface area (Å²) in [4.78, 5) is 31.9. The second-order valence-corrected chi connectivity index (χ2v) is 7.20. The number of aliphatic hydroxyl groups is 1. The van der Waals surface area contributed by atoms with Crippen LogP contribution in [-0.2, 0) is 9.59 Å². The van der Waals surface area contributed by atoms with Crippen molar-refractivity contribution in [2.75, 3.05) is 26.2 Å². The summed E-state index contributed by atoms with van der Waals surface area (Å²) in [5.41, 5.74) is 0.826. The van der Waals surface area contributed by atoms with Crippen LogP contribution in [0.5, 0.6) is 17.2 Å². The Bertz CT molecular complexity index is 1240. The van der Waals surface area contributed by atoms with Gasteiger partial charge in [-0.2, -0.15) is 0 Å². The molecule has 0 saturated carbocycles. The van der Waals surface area contributed by atoms with E-state index in [4.69, 9.17) is 14.2 Å². The number of amides is 1. The third-order valence-corrected chi connectivity index (χ3v) is 5.41. The lowest BCUT2D eigenvalue weighted by Gasteiger charge is -2.25. The largest absolute Gasteiger partial charge is 0.507 e. The van der Waals surface area contributed by atoms with Crippen molar-refractivity contribution in [2.24, 2.45) is 0 Å². The van der Waals surface area contributed by atoms with Crippen molar-refractivity contribution in [2.45, 2.75) is 6.04 Å². The van der Waals surface area contributed by atoms with Crippen molar-refractivity contribution in [3.8, 4) is 17.2 Å². The molecule has 0 spiro atoms. The van der Waals surface area contributed by atoms with Gasteiger partial charge in [0.2, 0.25) is 0 Å². The normalized spacial score (nSPS) is 17.2. The third kappa shape index (κ3) is 3.87. The number of hydrogen-bond acceptors (Lipinski definition) is 7. The van der Waals surface area contributed by atoms with Gasteiger partial charge in [0.1, 0.15) is 17.3 Å². The molecule has 8 nitrogen and oxygen atoms in total. The van der Waals surface area contributed by atoms with E-state index in [1.807, 2.05) is 0 Å². The number of ether oxygens (including phenoxy) is 3. The fourth-order valence-corrected chi connectivity index (χ4v) is 3.83. The van der Waals surface area contributed by atoms with Gasteiger partial charge in [0.15, 0.2) is 11.5 Å². The number of Topliss-reactive ketones (excluding diaryl/α,β-unsaturated/α-hetero) is 1. The highest BCUT2D eigenvalue weighted by Crippen LogP contribution is 2.43. The van der Waals surface area contributed by atoms with Crippen molar-refractivity contribution < 1.29 is 28.9 Å². The van der Waals surface area contributed by atoms with E-state index < -0.39 is 17.7 Å². The number of nitrogens with zero attached hydrogens (tertiary/aromatic N) is 2. The fourth-order valence-electron chi connectivity index (χ4n) is 3.83. The van der Waals surface area contributed by atoms with Gasteiger partial charge in [-0.3, -0.25) is 14.5 Å². The van der Waals surface area contributed by atoms with Gasteiger partial charge in [0.05, 0.1) is 32.9 Å². The molecule has 1 N–H and O–H groups in total. The molecule has 1 aliphatic heterocycles. The molecule has 4 rings (SSSR count). The van der Waals surface area contributed by atoms with Crippen LogP contribution in [0.1, 0.15) is 17.2 Å². The number of hydrogen-bond donors (Lipinski definition) is 1. The molecule has 0 radical (unpaired) electrons. The molecular formula is C25H22N2O6. The SMILES string of the molecule is COc1cccc(/C(O)=C2\C(=O)C(=O)N(c3ccccn3)[C@H]2c2ccc(OC)c(OC)c2)c1. The molecule has 168 valence electrons. The second-order valence-electron chi connectivity index (χ2n) is 7.20. The van der Waals surface area contributed by atoms with Crippen LogP contribution in [0.4, 0.5) is 5.82 Å². The molecule has 0 aliphatic carbocycles. The highest BCUT2D eigenvalue weighted by Gasteiger charge is 2.47. The average molecular weight is 446 g/mol. The van der Waals surface area contributed by atoms with Crippen molar-refractivity contribution in [1.29, 1.82) is 0 Å². The van der Waals surface area contributed by atoms with E-state index in [1.54, 1.807) is 60.7 Å². The smallest absolute Gasteiger partial charge is 0.301 e. The standard InChI is InChI=1S/C25H22N2O6/c1-31-17-8-6-7-16(13-17)23(28)21-22(15-10-11-18(32-2)19(14-15)33-3)27(25(30)24(21)29)20-9-4-5-12-26-20/h4-14,22,28H,1-3H3/b23-21+/t22-/m0/s1. The number of ketones is 1. The molecule has 1 atom stereocenters. The zero-order valence-electron chi connectivity index (χ0n) is 18.3. The Morgan fingerprint density at radius 1 is 0.909 bits per heavy atom. The second kappa shape index (κ2) is 9.04. The van der Waals surface area contributed by atoms with Crippen molar-refractivity contribution in [3.63, 3.8) is 0 Å². The van der Waals surface area contributed by atoms with E-state index in [0.29, 0.717) is 28.4 Å². The maximum atomic E-state index is 13.2. The van der Waals surface area contributed by atoms with Crippen LogP contribution in [0.2, 0.25) is 0 Å². The number of aromatic nitrogens is 1.